The van der Waals surface area contributed by atoms with Gasteiger partial charge in [-0.1, -0.05) is 11.6 Å². The molecule has 1 aromatic rings. The molecule has 0 fully saturated rings. The average molecular weight is 252 g/mol. The van der Waals surface area contributed by atoms with E-state index in [2.05, 4.69) is 56.4 Å². The fourth-order valence-corrected chi connectivity index (χ4v) is 2.23. The van der Waals surface area contributed by atoms with Crippen molar-refractivity contribution in [1.29, 1.82) is 0 Å². The van der Waals surface area contributed by atoms with Crippen LogP contribution in [-0.4, -0.2) is 17.1 Å². The molecule has 1 N–H and O–H groups in total. The summed E-state index contributed by atoms with van der Waals surface area (Å²) in [4.78, 5) is 4.48. The predicted octanol–water partition coefficient (Wildman–Crippen LogP) is 3.72. The summed E-state index contributed by atoms with van der Waals surface area (Å²) in [6.07, 6.45) is 4.39. The Morgan fingerprint density at radius 3 is 2.71 bits per heavy atom. The first kappa shape index (κ1) is 14.4. The van der Waals surface area contributed by atoms with E-state index in [-0.39, 0.29) is 5.54 Å². The van der Waals surface area contributed by atoms with Crippen LogP contribution >= 0.6 is 11.3 Å². The van der Waals surface area contributed by atoms with Gasteiger partial charge in [0.2, 0.25) is 0 Å². The van der Waals surface area contributed by atoms with Crippen molar-refractivity contribution in [1.82, 2.24) is 10.3 Å². The molecule has 0 saturated heterocycles. The van der Waals surface area contributed by atoms with Gasteiger partial charge in [-0.3, -0.25) is 0 Å². The summed E-state index contributed by atoms with van der Waals surface area (Å²) in [6, 6.07) is 0. The lowest BCUT2D eigenvalue weighted by Crippen LogP contribution is -2.36. The molecule has 3 heteroatoms. The van der Waals surface area contributed by atoms with Crippen LogP contribution in [0.2, 0.25) is 0 Å². The van der Waals surface area contributed by atoms with Crippen molar-refractivity contribution in [3.05, 3.63) is 27.7 Å². The van der Waals surface area contributed by atoms with Crippen LogP contribution in [0.3, 0.4) is 0 Å². The van der Waals surface area contributed by atoms with Gasteiger partial charge in [-0.05, 0) is 47.6 Å². The lowest BCUT2D eigenvalue weighted by Gasteiger charge is -2.19. The Balaban J connectivity index is 2.30. The van der Waals surface area contributed by atoms with Crippen LogP contribution < -0.4 is 5.32 Å². The Labute approximate surface area is 109 Å². The van der Waals surface area contributed by atoms with Gasteiger partial charge in [-0.2, -0.15) is 0 Å². The highest BCUT2D eigenvalue weighted by molar-refractivity contribution is 7.09. The minimum Gasteiger partial charge on any atom is -0.312 e. The molecule has 0 aromatic carbocycles. The van der Waals surface area contributed by atoms with E-state index in [1.165, 1.54) is 11.3 Å². The monoisotopic (exact) mass is 252 g/mol. The molecular weight excluding hydrogens is 228 g/mol. The maximum Gasteiger partial charge on any atom is 0.0897 e. The van der Waals surface area contributed by atoms with Crippen molar-refractivity contribution in [3.63, 3.8) is 0 Å². The molecule has 0 radical (unpaired) electrons. The lowest BCUT2D eigenvalue weighted by atomic mass is 10.1. The van der Waals surface area contributed by atoms with E-state index in [0.29, 0.717) is 0 Å². The van der Waals surface area contributed by atoms with Gasteiger partial charge in [-0.25, -0.2) is 4.98 Å². The molecule has 1 rings (SSSR count). The molecule has 0 amide bonds. The third-order valence-electron chi connectivity index (χ3n) is 2.42. The van der Waals surface area contributed by atoms with Crippen molar-refractivity contribution in [2.75, 3.05) is 6.54 Å². The first-order valence-electron chi connectivity index (χ1n) is 6.18. The lowest BCUT2D eigenvalue weighted by molar-refractivity contribution is 0.431. The Kier molecular flexibility index (Phi) is 5.34. The number of hydrogen-bond acceptors (Lipinski definition) is 3. The third-order valence-corrected chi connectivity index (χ3v) is 3.24. The smallest absolute Gasteiger partial charge is 0.0897 e. The Bertz CT molecular complexity index is 372. The van der Waals surface area contributed by atoms with Gasteiger partial charge in [0.25, 0.3) is 0 Å². The average Bonchev–Trinajstić information content (AvgIpc) is 2.57. The molecule has 0 bridgehead atoms. The first-order chi connectivity index (χ1) is 7.87. The van der Waals surface area contributed by atoms with Crippen LogP contribution in [0, 0.1) is 6.92 Å². The van der Waals surface area contributed by atoms with Crippen molar-refractivity contribution in [2.24, 2.45) is 0 Å². The summed E-state index contributed by atoms with van der Waals surface area (Å²) >= 11 is 1.73. The standard InChI is InChI=1S/C14H24N2S/c1-11(7-6-8-15-14(3,4)5)9-13-10-17-12(2)16-13/h7,10,15H,6,8-9H2,1-5H3. The zero-order chi connectivity index (χ0) is 12.9. The van der Waals surface area contributed by atoms with E-state index >= 15 is 0 Å². The minimum absolute atomic E-state index is 0.216. The molecule has 1 aromatic heterocycles. The molecule has 2 nitrogen and oxygen atoms in total. The molecule has 0 saturated carbocycles. The zero-order valence-corrected chi connectivity index (χ0v) is 12.4. The maximum absolute atomic E-state index is 4.48. The molecule has 0 aliphatic rings. The fraction of sp³-hybridized carbons (Fsp3) is 0.643. The Morgan fingerprint density at radius 2 is 2.18 bits per heavy atom. The maximum atomic E-state index is 4.48. The number of rotatable bonds is 5. The number of nitrogens with one attached hydrogen (secondary N) is 1. The van der Waals surface area contributed by atoms with Crippen LogP contribution in [0.25, 0.3) is 0 Å². The largest absolute Gasteiger partial charge is 0.312 e. The van der Waals surface area contributed by atoms with Gasteiger partial charge >= 0.3 is 0 Å². The zero-order valence-electron chi connectivity index (χ0n) is 11.6. The SMILES string of the molecule is CC(=CCCNC(C)(C)C)Cc1csc(C)n1. The molecule has 0 aliphatic heterocycles. The van der Waals surface area contributed by atoms with Crippen LogP contribution in [0.4, 0.5) is 0 Å². The topological polar surface area (TPSA) is 24.9 Å². The first-order valence-corrected chi connectivity index (χ1v) is 7.06. The second kappa shape index (κ2) is 6.31. The Morgan fingerprint density at radius 1 is 1.47 bits per heavy atom. The molecule has 0 spiro atoms. The van der Waals surface area contributed by atoms with E-state index < -0.39 is 0 Å². The number of aromatic nitrogens is 1. The van der Waals surface area contributed by atoms with Crippen molar-refractivity contribution in [3.8, 4) is 0 Å². The normalized spacial score (nSPS) is 13.1. The van der Waals surface area contributed by atoms with Gasteiger partial charge in [0.15, 0.2) is 0 Å². The van der Waals surface area contributed by atoms with Crippen LogP contribution in [0.1, 0.15) is 44.8 Å². The van der Waals surface area contributed by atoms with E-state index in [1.807, 2.05) is 0 Å². The summed E-state index contributed by atoms with van der Waals surface area (Å²) in [5, 5.41) is 6.79. The van der Waals surface area contributed by atoms with Gasteiger partial charge in [0.05, 0.1) is 10.7 Å². The molecule has 96 valence electrons. The van der Waals surface area contributed by atoms with E-state index in [0.717, 1.165) is 24.4 Å². The molecule has 0 atom stereocenters. The van der Waals surface area contributed by atoms with Crippen molar-refractivity contribution >= 4 is 11.3 Å². The van der Waals surface area contributed by atoms with Crippen LogP contribution in [0.15, 0.2) is 17.0 Å². The highest BCUT2D eigenvalue weighted by atomic mass is 32.1. The minimum atomic E-state index is 0.216. The molecule has 0 unspecified atom stereocenters. The number of thiazole rings is 1. The summed E-state index contributed by atoms with van der Waals surface area (Å²) in [7, 11) is 0. The molecule has 1 heterocycles. The van der Waals surface area contributed by atoms with Gasteiger partial charge < -0.3 is 5.32 Å². The quantitative estimate of drug-likeness (QED) is 0.638. The second-order valence-corrected chi connectivity index (χ2v) is 6.61. The number of aryl methyl sites for hydroxylation is 1. The summed E-state index contributed by atoms with van der Waals surface area (Å²) < 4.78 is 0. The molecule has 17 heavy (non-hydrogen) atoms. The molecular formula is C14H24N2S. The predicted molar refractivity (Wildman–Crippen MR) is 76.7 cm³/mol. The van der Waals surface area contributed by atoms with Gasteiger partial charge in [0, 0.05) is 17.3 Å². The van der Waals surface area contributed by atoms with E-state index in [9.17, 15) is 0 Å². The van der Waals surface area contributed by atoms with Crippen LogP contribution in [-0.2, 0) is 6.42 Å². The number of allylic oxidation sites excluding steroid dienone is 1. The summed E-state index contributed by atoms with van der Waals surface area (Å²) in [5.41, 5.74) is 2.82. The fourth-order valence-electron chi connectivity index (χ4n) is 1.61. The highest BCUT2D eigenvalue weighted by Crippen LogP contribution is 2.12. The van der Waals surface area contributed by atoms with Gasteiger partial charge in [0.1, 0.15) is 0 Å². The van der Waals surface area contributed by atoms with Crippen LogP contribution in [0.5, 0.6) is 0 Å². The summed E-state index contributed by atoms with van der Waals surface area (Å²) in [5.74, 6) is 0. The number of nitrogens with zero attached hydrogens (tertiary/aromatic N) is 1. The van der Waals surface area contributed by atoms with Crippen molar-refractivity contribution in [2.45, 2.75) is 53.0 Å². The van der Waals surface area contributed by atoms with E-state index in [1.54, 1.807) is 11.3 Å². The third kappa shape index (κ3) is 6.59. The van der Waals surface area contributed by atoms with Crippen molar-refractivity contribution < 1.29 is 0 Å². The number of hydrogen-bond donors (Lipinski definition) is 1. The highest BCUT2D eigenvalue weighted by Gasteiger charge is 2.06. The van der Waals surface area contributed by atoms with E-state index in [4.69, 9.17) is 0 Å². The second-order valence-electron chi connectivity index (χ2n) is 5.55. The van der Waals surface area contributed by atoms with Gasteiger partial charge in [-0.15, -0.1) is 11.3 Å². The Hall–Kier alpha value is -0.670. The molecule has 0 aliphatic carbocycles. The summed E-state index contributed by atoms with van der Waals surface area (Å²) in [6.45, 7) is 11.9.